The Bertz CT molecular complexity index is 2490. The summed E-state index contributed by atoms with van der Waals surface area (Å²) < 4.78 is 40.9. The number of ether oxygens (including phenoxy) is 2. The smallest absolute Gasteiger partial charge is 0.293 e. The van der Waals surface area contributed by atoms with Gasteiger partial charge >= 0.3 is 0 Å². The van der Waals surface area contributed by atoms with Gasteiger partial charge in [0.1, 0.15) is 23.4 Å². The number of H-pyrrole nitrogens is 1. The Morgan fingerprint density at radius 2 is 1.76 bits per heavy atom. The molecule has 3 N–H and O–H groups in total. The van der Waals surface area contributed by atoms with Crippen molar-refractivity contribution in [2.45, 2.75) is 57.6 Å². The number of sulfonamides is 1. The van der Waals surface area contributed by atoms with E-state index in [-0.39, 0.29) is 22.4 Å². The standard InChI is InChI=1S/C44H49ClN6O7S/c1-5-42(57-4)47-39-15-12-35(26-40(39)51(53)54)59(55,56)48-43(52)36-13-10-33(25-41(36)58-34-11-14-38-30(24-34)17-19-46-38)50-22-20-49(21-23-50)28-31-16-18-44(2,3)27-37(31)29-6-8-32(45)9-7-29/h6-15,17,19,24-26,42,46-47H,5,16,18,20-23,27-28H2,1-4H3,(H,48,52). The zero-order valence-electron chi connectivity index (χ0n) is 33.6. The normalized spacial score (nSPS) is 16.5. The van der Waals surface area contributed by atoms with Gasteiger partial charge in [-0.05, 0) is 103 Å². The molecule has 1 atom stereocenters. The van der Waals surface area contributed by atoms with Crippen molar-refractivity contribution < 1.29 is 27.6 Å². The van der Waals surface area contributed by atoms with Crippen LogP contribution in [0.3, 0.4) is 0 Å². The Morgan fingerprint density at radius 3 is 2.47 bits per heavy atom. The zero-order valence-corrected chi connectivity index (χ0v) is 35.2. The number of fused-ring (bicyclic) bond motifs is 1. The first kappa shape index (κ1) is 41.7. The van der Waals surface area contributed by atoms with Gasteiger partial charge in [-0.15, -0.1) is 0 Å². The number of nitro groups is 1. The summed E-state index contributed by atoms with van der Waals surface area (Å²) in [5.74, 6) is -0.336. The van der Waals surface area contributed by atoms with Crippen LogP contribution in [0.2, 0.25) is 5.02 Å². The van der Waals surface area contributed by atoms with Crippen LogP contribution in [-0.4, -0.2) is 75.2 Å². The molecule has 1 amide bonds. The van der Waals surface area contributed by atoms with Crippen LogP contribution in [0.4, 0.5) is 17.1 Å². The van der Waals surface area contributed by atoms with Gasteiger partial charge in [0.25, 0.3) is 21.6 Å². The molecule has 1 unspecified atom stereocenters. The Balaban J connectivity index is 1.12. The third kappa shape index (κ3) is 9.73. The van der Waals surface area contributed by atoms with Gasteiger partial charge in [-0.25, -0.2) is 13.1 Å². The maximum atomic E-state index is 13.9. The molecule has 15 heteroatoms. The summed E-state index contributed by atoms with van der Waals surface area (Å²) in [5.41, 5.74) is 5.65. The van der Waals surface area contributed by atoms with E-state index in [0.29, 0.717) is 12.2 Å². The summed E-state index contributed by atoms with van der Waals surface area (Å²) in [7, 11) is -3.10. The van der Waals surface area contributed by atoms with Crippen molar-refractivity contribution in [2.24, 2.45) is 5.41 Å². The van der Waals surface area contributed by atoms with E-state index < -0.39 is 37.7 Å². The number of benzene rings is 4. The predicted molar refractivity (Wildman–Crippen MR) is 232 cm³/mol. The van der Waals surface area contributed by atoms with E-state index >= 15 is 0 Å². The lowest BCUT2D eigenvalue weighted by Crippen LogP contribution is -2.47. The largest absolute Gasteiger partial charge is 0.456 e. The summed E-state index contributed by atoms with van der Waals surface area (Å²) in [4.78, 5) is 32.6. The predicted octanol–water partition coefficient (Wildman–Crippen LogP) is 9.22. The van der Waals surface area contributed by atoms with E-state index in [0.717, 1.165) is 79.7 Å². The third-order valence-electron chi connectivity index (χ3n) is 11.2. The summed E-state index contributed by atoms with van der Waals surface area (Å²) in [6.07, 6.45) is 5.00. The van der Waals surface area contributed by atoms with Crippen molar-refractivity contribution >= 4 is 61.1 Å². The van der Waals surface area contributed by atoms with Gasteiger partial charge in [-0.3, -0.25) is 19.8 Å². The van der Waals surface area contributed by atoms with Gasteiger partial charge in [0.15, 0.2) is 0 Å². The second-order valence-electron chi connectivity index (χ2n) is 15.9. The van der Waals surface area contributed by atoms with E-state index in [2.05, 4.69) is 50.8 Å². The molecule has 1 aliphatic heterocycles. The Morgan fingerprint density at radius 1 is 1.00 bits per heavy atom. The van der Waals surface area contributed by atoms with Crippen LogP contribution in [0.1, 0.15) is 62.4 Å². The van der Waals surface area contributed by atoms with Crippen LogP contribution >= 0.6 is 11.6 Å². The Hall–Kier alpha value is -5.41. The zero-order chi connectivity index (χ0) is 41.9. The van der Waals surface area contributed by atoms with Crippen molar-refractivity contribution in [3.05, 3.63) is 123 Å². The number of piperazine rings is 1. The molecular formula is C44H49ClN6O7S. The first-order valence-electron chi connectivity index (χ1n) is 19.7. The molecular weight excluding hydrogens is 792 g/mol. The maximum Gasteiger partial charge on any atom is 0.293 e. The Kier molecular flexibility index (Phi) is 12.3. The number of nitrogens with zero attached hydrogens (tertiary/aromatic N) is 3. The molecule has 1 fully saturated rings. The molecule has 310 valence electrons. The Labute approximate surface area is 349 Å². The van der Waals surface area contributed by atoms with Crippen LogP contribution in [-0.2, 0) is 14.8 Å². The number of amides is 1. The number of hydrogen-bond acceptors (Lipinski definition) is 10. The van der Waals surface area contributed by atoms with Crippen molar-refractivity contribution in [1.82, 2.24) is 14.6 Å². The van der Waals surface area contributed by atoms with Crippen molar-refractivity contribution in [3.8, 4) is 11.5 Å². The van der Waals surface area contributed by atoms with Gasteiger partial charge in [0, 0.05) is 79.8 Å². The molecule has 5 aromatic rings. The second-order valence-corrected chi connectivity index (χ2v) is 18.0. The molecule has 2 aliphatic rings. The summed E-state index contributed by atoms with van der Waals surface area (Å²) >= 11 is 6.23. The van der Waals surface area contributed by atoms with Gasteiger partial charge < -0.3 is 24.7 Å². The minimum Gasteiger partial charge on any atom is -0.456 e. The van der Waals surface area contributed by atoms with Gasteiger partial charge in [-0.1, -0.05) is 50.1 Å². The average molecular weight is 841 g/mol. The number of halogens is 1. The number of carbonyl (C=O) groups is 1. The highest BCUT2D eigenvalue weighted by Gasteiger charge is 2.30. The van der Waals surface area contributed by atoms with E-state index in [1.807, 2.05) is 43.5 Å². The fourth-order valence-electron chi connectivity index (χ4n) is 7.79. The van der Waals surface area contributed by atoms with Crippen LogP contribution < -0.4 is 19.7 Å². The van der Waals surface area contributed by atoms with Crippen LogP contribution in [0.25, 0.3) is 16.5 Å². The average Bonchev–Trinajstić information content (AvgIpc) is 3.69. The van der Waals surface area contributed by atoms with Crippen molar-refractivity contribution in [3.63, 3.8) is 0 Å². The highest BCUT2D eigenvalue weighted by atomic mass is 35.5. The van der Waals surface area contributed by atoms with Crippen molar-refractivity contribution in [1.29, 1.82) is 0 Å². The first-order chi connectivity index (χ1) is 28.2. The number of methoxy groups -OCH3 is 1. The number of nitrogens with one attached hydrogen (secondary N) is 3. The van der Waals surface area contributed by atoms with Gasteiger partial charge in [-0.2, -0.15) is 0 Å². The molecule has 0 radical (unpaired) electrons. The lowest BCUT2D eigenvalue weighted by Gasteiger charge is -2.39. The number of hydrogen-bond donors (Lipinski definition) is 3. The lowest BCUT2D eigenvalue weighted by molar-refractivity contribution is -0.384. The van der Waals surface area contributed by atoms with E-state index in [1.54, 1.807) is 24.3 Å². The van der Waals surface area contributed by atoms with Crippen LogP contribution in [0.5, 0.6) is 11.5 Å². The summed E-state index contributed by atoms with van der Waals surface area (Å²) in [5, 5.41) is 16.5. The second kappa shape index (κ2) is 17.4. The molecule has 0 bridgehead atoms. The fraction of sp³-hybridized carbons (Fsp3) is 0.341. The summed E-state index contributed by atoms with van der Waals surface area (Å²) in [6, 6.07) is 24.0. The number of nitro benzene ring substituents is 1. The molecule has 4 aromatic carbocycles. The highest BCUT2D eigenvalue weighted by molar-refractivity contribution is 7.90. The highest BCUT2D eigenvalue weighted by Crippen LogP contribution is 2.43. The van der Waals surface area contributed by atoms with Crippen LogP contribution in [0.15, 0.2) is 102 Å². The molecule has 1 saturated heterocycles. The number of anilines is 2. The summed E-state index contributed by atoms with van der Waals surface area (Å²) in [6.45, 7) is 10.5. The van der Waals surface area contributed by atoms with E-state index in [4.69, 9.17) is 21.1 Å². The molecule has 13 nitrogen and oxygen atoms in total. The molecule has 0 saturated carbocycles. The quantitative estimate of drug-likeness (QED) is 0.0559. The number of carbonyl (C=O) groups excluding carboxylic acids is 1. The van der Waals surface area contributed by atoms with Crippen LogP contribution in [0, 0.1) is 15.5 Å². The molecule has 59 heavy (non-hydrogen) atoms. The first-order valence-corrected chi connectivity index (χ1v) is 21.6. The number of rotatable bonds is 14. The molecule has 7 rings (SSSR count). The van der Waals surface area contributed by atoms with Gasteiger partial charge in [0.2, 0.25) is 0 Å². The third-order valence-corrected chi connectivity index (χ3v) is 12.7. The minimum absolute atomic E-state index is 0.0225. The van der Waals surface area contributed by atoms with Gasteiger partial charge in [0.05, 0.1) is 15.4 Å². The molecule has 2 heterocycles. The molecule has 0 spiro atoms. The number of allylic oxidation sites excluding steroid dienone is 1. The molecule has 1 aromatic heterocycles. The maximum absolute atomic E-state index is 13.9. The number of aromatic amines is 1. The lowest BCUT2D eigenvalue weighted by atomic mass is 9.72. The number of aromatic nitrogens is 1. The van der Waals surface area contributed by atoms with Crippen molar-refractivity contribution in [2.75, 3.05) is 50.1 Å². The minimum atomic E-state index is -4.56. The monoisotopic (exact) mass is 840 g/mol. The molecule has 1 aliphatic carbocycles. The topological polar surface area (TPSA) is 159 Å². The SMILES string of the molecule is CCC(Nc1ccc(S(=O)(=O)NC(=O)c2ccc(N3CCN(CC4=C(c5ccc(Cl)cc5)CC(C)(C)CC4)CC3)cc2Oc2ccc3[nH]ccc3c2)cc1[N+](=O)[O-])OC. The van der Waals surface area contributed by atoms with E-state index in [9.17, 15) is 23.3 Å². The fourth-order valence-corrected chi connectivity index (χ4v) is 8.90. The van der Waals surface area contributed by atoms with E-state index in [1.165, 1.54) is 36.0 Å².